The van der Waals surface area contributed by atoms with E-state index in [-0.39, 0.29) is 16.8 Å². The number of primary sulfonamides is 1. The zero-order chi connectivity index (χ0) is 18.7. The quantitative estimate of drug-likeness (QED) is 0.677. The number of para-hydroxylation sites is 1. The zero-order valence-electron chi connectivity index (χ0n) is 14.2. The molecule has 3 aromatic rings. The molecule has 1 aromatic heterocycles. The van der Waals surface area contributed by atoms with Crippen LogP contribution in [-0.2, 0) is 21.2 Å². The lowest BCUT2D eigenvalue weighted by molar-refractivity contribution is -0.121. The Kier molecular flexibility index (Phi) is 5.36. The van der Waals surface area contributed by atoms with Gasteiger partial charge < -0.3 is 5.32 Å². The fourth-order valence-electron chi connectivity index (χ4n) is 2.59. The number of nitrogens with zero attached hydrogens (tertiary/aromatic N) is 1. The number of hydrogen-bond acceptors (Lipinski definition) is 5. The number of benzene rings is 2. The van der Waals surface area contributed by atoms with Crippen molar-refractivity contribution < 1.29 is 13.2 Å². The van der Waals surface area contributed by atoms with Gasteiger partial charge in [-0.05, 0) is 36.8 Å². The first-order valence-electron chi connectivity index (χ1n) is 8.09. The minimum Gasteiger partial charge on any atom is -0.350 e. The largest absolute Gasteiger partial charge is 0.350 e. The molecule has 0 aliphatic heterocycles. The number of thiazole rings is 1. The van der Waals surface area contributed by atoms with E-state index < -0.39 is 10.0 Å². The molecule has 0 spiro atoms. The second kappa shape index (κ2) is 7.53. The first kappa shape index (κ1) is 18.5. The summed E-state index contributed by atoms with van der Waals surface area (Å²) in [5.41, 5.74) is 1.77. The van der Waals surface area contributed by atoms with Crippen LogP contribution in [0.25, 0.3) is 10.2 Å². The Morgan fingerprint density at radius 2 is 1.88 bits per heavy atom. The molecule has 0 aliphatic carbocycles. The van der Waals surface area contributed by atoms with Crippen LogP contribution in [-0.4, -0.2) is 19.3 Å². The third-order valence-electron chi connectivity index (χ3n) is 3.99. The van der Waals surface area contributed by atoms with Gasteiger partial charge in [-0.1, -0.05) is 24.3 Å². The lowest BCUT2D eigenvalue weighted by atomic mass is 10.1. The van der Waals surface area contributed by atoms with Crippen molar-refractivity contribution in [2.75, 3.05) is 0 Å². The lowest BCUT2D eigenvalue weighted by Crippen LogP contribution is -2.26. The van der Waals surface area contributed by atoms with Crippen LogP contribution in [0.1, 0.15) is 30.0 Å². The van der Waals surface area contributed by atoms with Crippen molar-refractivity contribution in [1.82, 2.24) is 10.3 Å². The van der Waals surface area contributed by atoms with Crippen LogP contribution in [0.4, 0.5) is 0 Å². The molecule has 0 saturated carbocycles. The average molecular weight is 390 g/mol. The van der Waals surface area contributed by atoms with Crippen LogP contribution < -0.4 is 10.5 Å². The standard InChI is InChI=1S/C18H19N3O3S2/c1-12(13-6-8-14(9-7-13)26(19,23)24)20-17(22)10-11-18-21-15-4-2-3-5-16(15)25-18/h2-9,12H,10-11H2,1H3,(H,20,22)(H2,19,23,24)/t12-/m0/s1. The molecule has 2 aromatic carbocycles. The maximum absolute atomic E-state index is 12.2. The number of carbonyl (C=O) groups is 1. The molecule has 0 fully saturated rings. The van der Waals surface area contributed by atoms with E-state index in [2.05, 4.69) is 10.3 Å². The summed E-state index contributed by atoms with van der Waals surface area (Å²) in [5, 5.41) is 8.94. The fourth-order valence-corrected chi connectivity index (χ4v) is 4.07. The Balaban J connectivity index is 1.57. The SMILES string of the molecule is C[C@H](NC(=O)CCc1nc2ccccc2s1)c1ccc(S(N)(=O)=O)cc1. The molecule has 0 bridgehead atoms. The van der Waals surface area contributed by atoms with Gasteiger partial charge in [0.1, 0.15) is 0 Å². The van der Waals surface area contributed by atoms with Gasteiger partial charge in [0.05, 0.1) is 26.2 Å². The zero-order valence-corrected chi connectivity index (χ0v) is 15.8. The number of hydrogen-bond donors (Lipinski definition) is 2. The number of rotatable bonds is 6. The van der Waals surface area contributed by atoms with Gasteiger partial charge in [-0.25, -0.2) is 18.5 Å². The van der Waals surface area contributed by atoms with Gasteiger partial charge in [-0.3, -0.25) is 4.79 Å². The molecule has 136 valence electrons. The summed E-state index contributed by atoms with van der Waals surface area (Å²) in [5.74, 6) is -0.0766. The highest BCUT2D eigenvalue weighted by atomic mass is 32.2. The molecule has 26 heavy (non-hydrogen) atoms. The van der Waals surface area contributed by atoms with Gasteiger partial charge in [0.25, 0.3) is 0 Å². The highest BCUT2D eigenvalue weighted by Crippen LogP contribution is 2.22. The predicted molar refractivity (Wildman–Crippen MR) is 102 cm³/mol. The Labute approximate surface area is 156 Å². The van der Waals surface area contributed by atoms with E-state index in [9.17, 15) is 13.2 Å². The normalized spacial score (nSPS) is 12.8. The van der Waals surface area contributed by atoms with E-state index in [0.717, 1.165) is 20.8 Å². The van der Waals surface area contributed by atoms with Crippen LogP contribution in [0, 0.1) is 0 Å². The predicted octanol–water partition coefficient (Wildman–Crippen LogP) is 2.75. The van der Waals surface area contributed by atoms with Crippen LogP contribution in [0.2, 0.25) is 0 Å². The summed E-state index contributed by atoms with van der Waals surface area (Å²) < 4.78 is 23.7. The van der Waals surface area contributed by atoms with Gasteiger partial charge >= 0.3 is 0 Å². The van der Waals surface area contributed by atoms with Crippen molar-refractivity contribution in [2.45, 2.75) is 30.7 Å². The third-order valence-corrected chi connectivity index (χ3v) is 6.02. The summed E-state index contributed by atoms with van der Waals surface area (Å²) in [6.45, 7) is 1.85. The van der Waals surface area contributed by atoms with Crippen molar-refractivity contribution >= 4 is 37.5 Å². The van der Waals surface area contributed by atoms with E-state index in [1.54, 1.807) is 23.5 Å². The molecule has 0 radical (unpaired) electrons. The number of nitrogens with two attached hydrogens (primary N) is 1. The Bertz CT molecular complexity index is 994. The second-order valence-electron chi connectivity index (χ2n) is 5.98. The van der Waals surface area contributed by atoms with Gasteiger partial charge in [0.2, 0.25) is 15.9 Å². The maximum Gasteiger partial charge on any atom is 0.238 e. The fraction of sp³-hybridized carbons (Fsp3) is 0.222. The molecule has 0 aliphatic rings. The number of sulfonamides is 1. The lowest BCUT2D eigenvalue weighted by Gasteiger charge is -2.14. The minimum absolute atomic E-state index is 0.0515. The molecular formula is C18H19N3O3S2. The maximum atomic E-state index is 12.2. The van der Waals surface area contributed by atoms with Crippen LogP contribution >= 0.6 is 11.3 Å². The van der Waals surface area contributed by atoms with Gasteiger partial charge in [-0.2, -0.15) is 0 Å². The molecule has 1 heterocycles. The topological polar surface area (TPSA) is 102 Å². The molecular weight excluding hydrogens is 370 g/mol. The summed E-state index contributed by atoms with van der Waals surface area (Å²) >= 11 is 1.60. The van der Waals surface area contributed by atoms with Crippen molar-refractivity contribution in [1.29, 1.82) is 0 Å². The molecule has 0 saturated heterocycles. The molecule has 8 heteroatoms. The monoisotopic (exact) mass is 389 g/mol. The molecule has 3 rings (SSSR count). The first-order chi connectivity index (χ1) is 12.3. The smallest absolute Gasteiger partial charge is 0.238 e. The average Bonchev–Trinajstić information content (AvgIpc) is 3.02. The van der Waals surface area contributed by atoms with Crippen molar-refractivity contribution in [3.05, 3.63) is 59.1 Å². The highest BCUT2D eigenvalue weighted by Gasteiger charge is 2.13. The number of aromatic nitrogens is 1. The van der Waals surface area contributed by atoms with E-state index in [0.29, 0.717) is 12.8 Å². The van der Waals surface area contributed by atoms with E-state index in [4.69, 9.17) is 5.14 Å². The molecule has 6 nitrogen and oxygen atoms in total. The summed E-state index contributed by atoms with van der Waals surface area (Å²) in [6.07, 6.45) is 0.932. The third kappa shape index (κ3) is 4.46. The van der Waals surface area contributed by atoms with Gasteiger partial charge in [-0.15, -0.1) is 11.3 Å². The van der Waals surface area contributed by atoms with Crippen molar-refractivity contribution in [2.24, 2.45) is 5.14 Å². The van der Waals surface area contributed by atoms with E-state index in [1.165, 1.54) is 12.1 Å². The number of aryl methyl sites for hydroxylation is 1. The number of nitrogens with one attached hydrogen (secondary N) is 1. The van der Waals surface area contributed by atoms with Crippen molar-refractivity contribution in [3.63, 3.8) is 0 Å². The Morgan fingerprint density at radius 1 is 1.19 bits per heavy atom. The van der Waals surface area contributed by atoms with E-state index in [1.807, 2.05) is 31.2 Å². The van der Waals surface area contributed by atoms with Crippen molar-refractivity contribution in [3.8, 4) is 0 Å². The summed E-state index contributed by atoms with van der Waals surface area (Å²) in [4.78, 5) is 16.8. The Morgan fingerprint density at radius 3 is 2.54 bits per heavy atom. The van der Waals surface area contributed by atoms with E-state index >= 15 is 0 Å². The Hall–Kier alpha value is -2.29. The van der Waals surface area contributed by atoms with Crippen LogP contribution in [0.3, 0.4) is 0 Å². The summed E-state index contributed by atoms with van der Waals surface area (Å²) in [7, 11) is -3.71. The number of fused-ring (bicyclic) bond motifs is 1. The van der Waals surface area contributed by atoms with Crippen LogP contribution in [0.5, 0.6) is 0 Å². The molecule has 1 amide bonds. The molecule has 3 N–H and O–H groups in total. The van der Waals surface area contributed by atoms with Gasteiger partial charge in [0.15, 0.2) is 0 Å². The first-order valence-corrected chi connectivity index (χ1v) is 10.5. The van der Waals surface area contributed by atoms with Gasteiger partial charge in [0, 0.05) is 12.8 Å². The highest BCUT2D eigenvalue weighted by molar-refractivity contribution is 7.89. The second-order valence-corrected chi connectivity index (χ2v) is 8.66. The number of carbonyl (C=O) groups excluding carboxylic acids is 1. The molecule has 1 atom stereocenters. The molecule has 0 unspecified atom stereocenters. The summed E-state index contributed by atoms with van der Waals surface area (Å²) in [6, 6.07) is 13.8. The minimum atomic E-state index is -3.71. The van der Waals surface area contributed by atoms with Crippen LogP contribution in [0.15, 0.2) is 53.4 Å². The number of amides is 1.